The molecule has 5 heteroatoms. The molecule has 0 aliphatic heterocycles. The van der Waals surface area contributed by atoms with Gasteiger partial charge in [0.2, 0.25) is 5.50 Å². The molecule has 4 nitrogen and oxygen atoms in total. The van der Waals surface area contributed by atoms with Crippen molar-refractivity contribution in [3.05, 3.63) is 24.2 Å². The first-order chi connectivity index (χ1) is 8.12. The lowest BCUT2D eigenvalue weighted by molar-refractivity contribution is 0.134. The summed E-state index contributed by atoms with van der Waals surface area (Å²) in [5.74, 6) is 0. The summed E-state index contributed by atoms with van der Waals surface area (Å²) in [6.07, 6.45) is 7.02. The van der Waals surface area contributed by atoms with E-state index in [0.717, 1.165) is 19.3 Å². The highest BCUT2D eigenvalue weighted by Gasteiger charge is 2.31. The Morgan fingerprint density at radius 1 is 1.41 bits per heavy atom. The molecule has 0 bridgehead atoms. The van der Waals surface area contributed by atoms with Crippen molar-refractivity contribution >= 4 is 7.60 Å². The average molecular weight is 260 g/mol. The monoisotopic (exact) mass is 260 g/mol. The van der Waals surface area contributed by atoms with Crippen LogP contribution < -0.4 is 0 Å². The third kappa shape index (κ3) is 4.30. The second-order valence-electron chi connectivity index (χ2n) is 3.74. The van der Waals surface area contributed by atoms with Gasteiger partial charge >= 0.3 is 7.60 Å². The van der Waals surface area contributed by atoms with Crippen molar-refractivity contribution < 1.29 is 18.3 Å². The van der Waals surface area contributed by atoms with Gasteiger partial charge in [0.1, 0.15) is 6.10 Å². The fraction of sp³-hybridized carbons (Fsp3) is 0.667. The highest BCUT2D eigenvalue weighted by Crippen LogP contribution is 2.56. The van der Waals surface area contributed by atoms with E-state index in [2.05, 4.69) is 12.7 Å². The van der Waals surface area contributed by atoms with E-state index >= 15 is 0 Å². The molecule has 0 spiro atoms. The fourth-order valence-corrected chi connectivity index (χ4v) is 2.95. The maximum absolute atomic E-state index is 12.3. The Hall–Kier alpha value is -0.570. The lowest BCUT2D eigenvalue weighted by Gasteiger charge is -2.24. The molecule has 0 saturated carbocycles. The van der Waals surface area contributed by atoms with Crippen LogP contribution in [0.1, 0.15) is 33.1 Å². The van der Waals surface area contributed by atoms with Crippen molar-refractivity contribution in [2.45, 2.75) is 39.2 Å². The van der Waals surface area contributed by atoms with Gasteiger partial charge in [0, 0.05) is 0 Å². The van der Waals surface area contributed by atoms with E-state index in [4.69, 9.17) is 13.8 Å². The van der Waals surface area contributed by atoms with Gasteiger partial charge in [0.25, 0.3) is 0 Å². The predicted molar refractivity (Wildman–Crippen MR) is 67.9 cm³/mol. The van der Waals surface area contributed by atoms with Gasteiger partial charge in [-0.2, -0.15) is 0 Å². The summed E-state index contributed by atoms with van der Waals surface area (Å²) in [5, 5.41) is 0. The standard InChI is InChI=1S/C12H21O4P/c1-4-14-17(13,15-5-2)11(3)16-12-9-7-6-8-10-12/h7,9,12H,3-6,8,10H2,1-2H3. The summed E-state index contributed by atoms with van der Waals surface area (Å²) < 4.78 is 28.2. The van der Waals surface area contributed by atoms with E-state index < -0.39 is 7.60 Å². The highest BCUT2D eigenvalue weighted by atomic mass is 31.2. The molecule has 0 N–H and O–H groups in total. The topological polar surface area (TPSA) is 44.8 Å². The molecule has 0 amide bonds. The molecule has 0 heterocycles. The zero-order valence-electron chi connectivity index (χ0n) is 10.6. The zero-order valence-corrected chi connectivity index (χ0v) is 11.4. The molecule has 1 atom stereocenters. The smallest absolute Gasteiger partial charge is 0.395 e. The average Bonchev–Trinajstić information content (AvgIpc) is 2.31. The minimum absolute atomic E-state index is 0.0644. The molecule has 1 unspecified atom stereocenters. The molecule has 1 aliphatic rings. The SMILES string of the molecule is C=C(OC1C=CCCC1)P(=O)(OCC)OCC. The molecule has 17 heavy (non-hydrogen) atoms. The van der Waals surface area contributed by atoms with Crippen LogP contribution in [0.2, 0.25) is 0 Å². The molecule has 0 saturated heterocycles. The van der Waals surface area contributed by atoms with Crippen LogP contribution in [0, 0.1) is 0 Å². The van der Waals surface area contributed by atoms with E-state index in [-0.39, 0.29) is 11.6 Å². The lowest BCUT2D eigenvalue weighted by Crippen LogP contribution is -2.13. The van der Waals surface area contributed by atoms with Crippen LogP contribution in [0.25, 0.3) is 0 Å². The van der Waals surface area contributed by atoms with Gasteiger partial charge in [-0.25, -0.2) is 0 Å². The number of ether oxygens (including phenoxy) is 1. The van der Waals surface area contributed by atoms with E-state index in [1.54, 1.807) is 13.8 Å². The summed E-state index contributed by atoms with van der Waals surface area (Å²) >= 11 is 0. The van der Waals surface area contributed by atoms with Crippen molar-refractivity contribution in [2.24, 2.45) is 0 Å². The maximum Gasteiger partial charge on any atom is 0.395 e. The molecular weight excluding hydrogens is 239 g/mol. The molecule has 0 radical (unpaired) electrons. The zero-order chi connectivity index (χ0) is 12.7. The Morgan fingerprint density at radius 3 is 2.53 bits per heavy atom. The Labute approximate surface area is 103 Å². The molecule has 1 rings (SSSR count). The first-order valence-corrected chi connectivity index (χ1v) is 7.58. The van der Waals surface area contributed by atoms with Crippen LogP contribution in [-0.2, 0) is 18.3 Å². The van der Waals surface area contributed by atoms with E-state index in [0.29, 0.717) is 13.2 Å². The van der Waals surface area contributed by atoms with Gasteiger partial charge in [-0.05, 0) is 45.8 Å². The Kier molecular flexibility index (Phi) is 5.96. The first-order valence-electron chi connectivity index (χ1n) is 6.04. The van der Waals surface area contributed by atoms with Gasteiger partial charge in [-0.15, -0.1) is 0 Å². The van der Waals surface area contributed by atoms with E-state index in [9.17, 15) is 4.57 Å². The maximum atomic E-state index is 12.3. The lowest BCUT2D eigenvalue weighted by atomic mass is 10.1. The summed E-state index contributed by atoms with van der Waals surface area (Å²) in [7, 11) is -3.33. The molecule has 0 fully saturated rings. The van der Waals surface area contributed by atoms with Crippen molar-refractivity contribution in [2.75, 3.05) is 13.2 Å². The van der Waals surface area contributed by atoms with Crippen molar-refractivity contribution in [1.29, 1.82) is 0 Å². The fourth-order valence-electron chi connectivity index (χ4n) is 1.64. The number of rotatable bonds is 7. The summed E-state index contributed by atoms with van der Waals surface area (Å²) in [6.45, 7) is 7.83. The van der Waals surface area contributed by atoms with Crippen LogP contribution in [0.15, 0.2) is 24.2 Å². The minimum atomic E-state index is -3.33. The molecule has 98 valence electrons. The van der Waals surface area contributed by atoms with Gasteiger partial charge in [0.15, 0.2) is 0 Å². The molecule has 1 aliphatic carbocycles. The third-order valence-corrected chi connectivity index (χ3v) is 4.31. The van der Waals surface area contributed by atoms with Crippen molar-refractivity contribution in [1.82, 2.24) is 0 Å². The van der Waals surface area contributed by atoms with Crippen LogP contribution in [0.4, 0.5) is 0 Å². The second-order valence-corrected chi connectivity index (χ2v) is 5.75. The predicted octanol–water partition coefficient (Wildman–Crippen LogP) is 3.85. The van der Waals surface area contributed by atoms with Gasteiger partial charge < -0.3 is 13.8 Å². The van der Waals surface area contributed by atoms with Crippen molar-refractivity contribution in [3.8, 4) is 0 Å². The normalized spacial score (nSPS) is 20.2. The summed E-state index contributed by atoms with van der Waals surface area (Å²) in [4.78, 5) is 0. The van der Waals surface area contributed by atoms with Crippen LogP contribution in [0.5, 0.6) is 0 Å². The molecule has 0 aromatic carbocycles. The molecule has 0 aromatic rings. The molecular formula is C12H21O4P. The van der Waals surface area contributed by atoms with Gasteiger partial charge in [-0.1, -0.05) is 6.08 Å². The number of hydrogen-bond acceptors (Lipinski definition) is 4. The van der Waals surface area contributed by atoms with Crippen molar-refractivity contribution in [3.63, 3.8) is 0 Å². The highest BCUT2D eigenvalue weighted by molar-refractivity contribution is 7.58. The Bertz CT molecular complexity index is 314. The van der Waals surface area contributed by atoms with E-state index in [1.165, 1.54) is 0 Å². The third-order valence-electron chi connectivity index (χ3n) is 2.40. The van der Waals surface area contributed by atoms with Gasteiger partial charge in [0.05, 0.1) is 13.2 Å². The second kappa shape index (κ2) is 7.00. The van der Waals surface area contributed by atoms with Crippen LogP contribution in [0.3, 0.4) is 0 Å². The van der Waals surface area contributed by atoms with Crippen LogP contribution >= 0.6 is 7.60 Å². The summed E-state index contributed by atoms with van der Waals surface area (Å²) in [5.41, 5.74) is 0.109. The largest absolute Gasteiger partial charge is 0.479 e. The summed E-state index contributed by atoms with van der Waals surface area (Å²) in [6, 6.07) is 0. The Balaban J connectivity index is 2.61. The minimum Gasteiger partial charge on any atom is -0.479 e. The first kappa shape index (κ1) is 14.5. The quantitative estimate of drug-likeness (QED) is 0.396. The van der Waals surface area contributed by atoms with Crippen LogP contribution in [-0.4, -0.2) is 19.3 Å². The van der Waals surface area contributed by atoms with Gasteiger partial charge in [-0.3, -0.25) is 4.57 Å². The van der Waals surface area contributed by atoms with E-state index in [1.807, 2.05) is 6.08 Å². The molecule has 0 aromatic heterocycles. The number of hydrogen-bond donors (Lipinski definition) is 0. The number of allylic oxidation sites excluding steroid dienone is 1. The Morgan fingerprint density at radius 2 is 2.06 bits per heavy atom.